The molecule has 1 aliphatic carbocycles. The molecule has 3 rings (SSSR count). The van der Waals surface area contributed by atoms with Crippen LogP contribution in [0.2, 0.25) is 0 Å². The van der Waals surface area contributed by atoms with Gasteiger partial charge in [0.15, 0.2) is 0 Å². The molecule has 0 aromatic carbocycles. The van der Waals surface area contributed by atoms with E-state index in [0.717, 1.165) is 6.42 Å². The Kier molecular flexibility index (Phi) is 8.30. The predicted molar refractivity (Wildman–Crippen MR) is 118 cm³/mol. The number of hydrogen-bond acceptors (Lipinski definition) is 8. The van der Waals surface area contributed by atoms with Gasteiger partial charge in [-0.25, -0.2) is 13.8 Å². The van der Waals surface area contributed by atoms with Crippen molar-refractivity contribution in [2.75, 3.05) is 30.3 Å². The largest absolute Gasteiger partial charge is 0.478 e. The van der Waals surface area contributed by atoms with E-state index in [1.165, 1.54) is 17.7 Å². The Labute approximate surface area is 189 Å². The van der Waals surface area contributed by atoms with Crippen LogP contribution in [0.4, 0.5) is 19.5 Å². The molecule has 172 valence electrons. The minimum Gasteiger partial charge on any atom is -0.478 e. The lowest BCUT2D eigenvalue weighted by Gasteiger charge is -2.39. The minimum absolute atomic E-state index is 0.00933. The highest BCUT2D eigenvalue weighted by Crippen LogP contribution is 2.38. The van der Waals surface area contributed by atoms with Crippen molar-refractivity contribution in [2.45, 2.75) is 39.2 Å². The number of carbonyl (C=O) groups excluding carboxylic acids is 1. The fraction of sp³-hybridized carbons (Fsp3) is 0.524. The fourth-order valence-electron chi connectivity index (χ4n) is 3.48. The summed E-state index contributed by atoms with van der Waals surface area (Å²) in [5.74, 6) is 0.365. The van der Waals surface area contributed by atoms with Crippen LogP contribution in [0, 0.1) is 30.1 Å². The summed E-state index contributed by atoms with van der Waals surface area (Å²) >= 11 is 1.21. The van der Waals surface area contributed by atoms with E-state index in [0.29, 0.717) is 53.3 Å². The van der Waals surface area contributed by atoms with Crippen molar-refractivity contribution < 1.29 is 18.3 Å². The number of hydrogen-bond donors (Lipinski definition) is 3. The van der Waals surface area contributed by atoms with E-state index in [4.69, 9.17) is 4.74 Å². The van der Waals surface area contributed by atoms with E-state index in [2.05, 4.69) is 38.3 Å². The van der Waals surface area contributed by atoms with Gasteiger partial charge in [0, 0.05) is 12.1 Å². The first-order valence-electron chi connectivity index (χ1n) is 10.4. The summed E-state index contributed by atoms with van der Waals surface area (Å²) in [6.45, 7) is 4.29. The number of rotatable bonds is 11. The summed E-state index contributed by atoms with van der Waals surface area (Å²) in [5, 5.41) is 18.7. The lowest BCUT2D eigenvalue weighted by molar-refractivity contribution is 0.102. The maximum Gasteiger partial charge on any atom is 0.260 e. The third kappa shape index (κ3) is 6.11. The Morgan fingerprint density at radius 2 is 2.25 bits per heavy atom. The van der Waals surface area contributed by atoms with Crippen LogP contribution < -0.4 is 20.7 Å². The lowest BCUT2D eigenvalue weighted by atomic mass is 9.71. The first-order valence-corrected chi connectivity index (χ1v) is 11.2. The smallest absolute Gasteiger partial charge is 0.260 e. The van der Waals surface area contributed by atoms with Gasteiger partial charge in [-0.3, -0.25) is 4.79 Å². The summed E-state index contributed by atoms with van der Waals surface area (Å²) in [4.78, 5) is 17.0. The van der Waals surface area contributed by atoms with Crippen LogP contribution in [0.25, 0.3) is 0 Å². The molecular formula is C21H26F2N6O2S. The third-order valence-corrected chi connectivity index (χ3v) is 6.14. The molecule has 0 aliphatic heterocycles. The van der Waals surface area contributed by atoms with Crippen LogP contribution >= 0.6 is 11.5 Å². The Morgan fingerprint density at radius 1 is 1.44 bits per heavy atom. The number of nitriles is 1. The van der Waals surface area contributed by atoms with E-state index in [-0.39, 0.29) is 24.4 Å². The van der Waals surface area contributed by atoms with Crippen molar-refractivity contribution in [2.24, 2.45) is 11.8 Å². The number of amides is 1. The highest BCUT2D eigenvalue weighted by molar-refractivity contribution is 7.10. The highest BCUT2D eigenvalue weighted by atomic mass is 32.1. The van der Waals surface area contributed by atoms with Crippen molar-refractivity contribution in [3.63, 3.8) is 0 Å². The van der Waals surface area contributed by atoms with Gasteiger partial charge in [-0.15, -0.1) is 0 Å². The quantitative estimate of drug-likeness (QED) is 0.435. The number of aryl methyl sites for hydroxylation is 1. The van der Waals surface area contributed by atoms with Gasteiger partial charge < -0.3 is 20.7 Å². The van der Waals surface area contributed by atoms with Crippen molar-refractivity contribution >= 4 is 28.1 Å². The van der Waals surface area contributed by atoms with E-state index in [1.807, 2.05) is 0 Å². The second kappa shape index (κ2) is 11.2. The molecule has 2 aromatic heterocycles. The summed E-state index contributed by atoms with van der Waals surface area (Å²) in [6, 6.07) is 5.62. The molecule has 1 fully saturated rings. The molecule has 0 spiro atoms. The molecular weight excluding hydrogens is 438 g/mol. The lowest BCUT2D eigenvalue weighted by Crippen LogP contribution is -2.45. The maximum atomic E-state index is 12.9. The normalized spacial score (nSPS) is 19.8. The summed E-state index contributed by atoms with van der Waals surface area (Å²) in [5.41, 5.74) is 1.58. The first kappa shape index (κ1) is 23.8. The molecule has 0 saturated heterocycles. The zero-order chi connectivity index (χ0) is 23.1. The zero-order valence-electron chi connectivity index (χ0n) is 17.9. The van der Waals surface area contributed by atoms with Crippen LogP contribution in [0.15, 0.2) is 18.3 Å². The first-order chi connectivity index (χ1) is 15.4. The number of halogens is 2. The second-order valence-electron chi connectivity index (χ2n) is 7.73. The van der Waals surface area contributed by atoms with Gasteiger partial charge >= 0.3 is 0 Å². The zero-order valence-corrected chi connectivity index (χ0v) is 18.7. The molecule has 8 nitrogen and oxygen atoms in total. The van der Waals surface area contributed by atoms with Gasteiger partial charge in [0.05, 0.1) is 48.3 Å². The van der Waals surface area contributed by atoms with E-state index >= 15 is 0 Å². The molecule has 11 heteroatoms. The molecule has 0 bridgehead atoms. The van der Waals surface area contributed by atoms with E-state index in [1.54, 1.807) is 19.1 Å². The number of carbonyl (C=O) groups is 1. The monoisotopic (exact) mass is 464 g/mol. The van der Waals surface area contributed by atoms with Gasteiger partial charge in [0.1, 0.15) is 5.00 Å². The van der Waals surface area contributed by atoms with Crippen molar-refractivity contribution in [1.29, 1.82) is 5.26 Å². The molecule has 3 N–H and O–H groups in total. The molecule has 0 radical (unpaired) electrons. The van der Waals surface area contributed by atoms with Gasteiger partial charge in [0.25, 0.3) is 12.3 Å². The van der Waals surface area contributed by atoms with Crippen LogP contribution in [0.3, 0.4) is 0 Å². The number of aromatic nitrogens is 2. The topological polar surface area (TPSA) is 112 Å². The molecule has 3 atom stereocenters. The van der Waals surface area contributed by atoms with E-state index in [9.17, 15) is 18.8 Å². The molecule has 32 heavy (non-hydrogen) atoms. The van der Waals surface area contributed by atoms with Crippen molar-refractivity contribution in [3.8, 4) is 11.9 Å². The van der Waals surface area contributed by atoms with Crippen molar-refractivity contribution in [3.05, 3.63) is 29.6 Å². The van der Waals surface area contributed by atoms with Crippen molar-refractivity contribution in [1.82, 2.24) is 14.7 Å². The average molecular weight is 465 g/mol. The number of pyridine rings is 1. The van der Waals surface area contributed by atoms with Gasteiger partial charge in [0.2, 0.25) is 5.88 Å². The van der Waals surface area contributed by atoms with Crippen LogP contribution in [-0.4, -0.2) is 47.4 Å². The highest BCUT2D eigenvalue weighted by Gasteiger charge is 2.39. The number of nitrogens with zero attached hydrogens (tertiary/aromatic N) is 3. The summed E-state index contributed by atoms with van der Waals surface area (Å²) < 4.78 is 33.9. The van der Waals surface area contributed by atoms with E-state index < -0.39 is 6.43 Å². The maximum absolute atomic E-state index is 12.9. The van der Waals surface area contributed by atoms with Crippen LogP contribution in [-0.2, 0) is 0 Å². The predicted octanol–water partition coefficient (Wildman–Crippen LogP) is 3.68. The third-order valence-electron chi connectivity index (χ3n) is 5.27. The molecule has 2 aromatic rings. The number of nitrogens with one attached hydrogen (secondary N) is 3. The van der Waals surface area contributed by atoms with Gasteiger partial charge in [-0.2, -0.15) is 9.64 Å². The number of anilines is 2. The molecule has 1 amide bonds. The molecule has 3 unspecified atom stereocenters. The van der Waals surface area contributed by atoms with Crippen LogP contribution in [0.1, 0.15) is 35.8 Å². The number of ether oxygens (including phenoxy) is 1. The van der Waals surface area contributed by atoms with Gasteiger partial charge in [-0.05, 0) is 49.8 Å². The standard InChI is InChI=1S/C21H26F2N6O2S/c1-12-8-14(9-24)19(12)28-21-18(13(2)29-32-21)20(30)27-15-4-5-17(26-10-15)31-7-3-6-25-11-16(22)23/h4-5,10,12,14,16,19,25,28H,3,6-8,11H2,1-2H3,(H,27,30). The Balaban J connectivity index is 1.52. The average Bonchev–Trinajstić information content (AvgIpc) is 3.13. The fourth-order valence-corrected chi connectivity index (χ4v) is 4.32. The van der Waals surface area contributed by atoms with Gasteiger partial charge in [-0.1, -0.05) is 6.92 Å². The minimum atomic E-state index is -2.36. The summed E-state index contributed by atoms with van der Waals surface area (Å²) in [6.07, 6.45) is 0.542. The Hall–Kier alpha value is -2.84. The molecule has 2 heterocycles. The number of alkyl halides is 2. The Morgan fingerprint density at radius 3 is 2.91 bits per heavy atom. The Bertz CT molecular complexity index is 947. The SMILES string of the molecule is Cc1nsc(NC2C(C)CC2C#N)c1C(=O)Nc1ccc(OCCCNCC(F)F)nc1. The second-order valence-corrected chi connectivity index (χ2v) is 8.50. The van der Waals surface area contributed by atoms with Crippen LogP contribution in [0.5, 0.6) is 5.88 Å². The molecule has 1 aliphatic rings. The summed E-state index contributed by atoms with van der Waals surface area (Å²) in [7, 11) is 0. The molecule has 1 saturated carbocycles.